The number of hydrogen-bond acceptors (Lipinski definition) is 6. The molecule has 2 N–H and O–H groups in total. The molecule has 3 aromatic rings. The van der Waals surface area contributed by atoms with Crippen LogP contribution in [0.1, 0.15) is 22.9 Å². The van der Waals surface area contributed by atoms with Gasteiger partial charge >= 0.3 is 6.03 Å². The first kappa shape index (κ1) is 24.0. The minimum atomic E-state index is -3.41. The van der Waals surface area contributed by atoms with Crippen molar-refractivity contribution in [1.29, 1.82) is 0 Å². The molecule has 1 aromatic carbocycles. The van der Waals surface area contributed by atoms with Gasteiger partial charge in [-0.1, -0.05) is 23.2 Å². The summed E-state index contributed by atoms with van der Waals surface area (Å²) < 4.78 is 25.1. The van der Waals surface area contributed by atoms with Gasteiger partial charge in [0, 0.05) is 53.4 Å². The standard InChI is InChI=1S/C21H23Cl2N5O3S2/c1-33(30,31)28-11-8-16(26-28)12-27-10-9-18(17(13-27)19-6-7-20(23)32-19)25-21(29)24-15-4-2-14(22)3-5-15/h2-8,11,17-18H,9-10,12-13H2,1H3,(H2,24,25,29)/t17-,18-/m1/s1. The van der Waals surface area contributed by atoms with Crippen LogP contribution in [-0.4, -0.2) is 53.9 Å². The van der Waals surface area contributed by atoms with Gasteiger partial charge in [-0.15, -0.1) is 11.3 Å². The van der Waals surface area contributed by atoms with Gasteiger partial charge in [-0.05, 0) is 48.9 Å². The predicted molar refractivity (Wildman–Crippen MR) is 132 cm³/mol. The lowest BCUT2D eigenvalue weighted by atomic mass is 9.90. The van der Waals surface area contributed by atoms with Gasteiger partial charge in [0.2, 0.25) is 0 Å². The van der Waals surface area contributed by atoms with Crippen LogP contribution in [0.25, 0.3) is 0 Å². The number of thiophene rings is 1. The van der Waals surface area contributed by atoms with Crippen molar-refractivity contribution >= 4 is 56.3 Å². The molecule has 0 bridgehead atoms. The van der Waals surface area contributed by atoms with E-state index in [2.05, 4.69) is 20.6 Å². The van der Waals surface area contributed by atoms with Crippen LogP contribution in [0.15, 0.2) is 48.7 Å². The van der Waals surface area contributed by atoms with E-state index in [1.807, 2.05) is 12.1 Å². The molecule has 8 nitrogen and oxygen atoms in total. The number of piperidine rings is 1. The van der Waals surface area contributed by atoms with Gasteiger partial charge in [0.1, 0.15) is 0 Å². The van der Waals surface area contributed by atoms with Gasteiger partial charge < -0.3 is 10.6 Å². The Kier molecular flexibility index (Phi) is 7.30. The lowest BCUT2D eigenvalue weighted by Crippen LogP contribution is -2.50. The van der Waals surface area contributed by atoms with E-state index in [4.69, 9.17) is 23.2 Å². The number of nitrogens with zero attached hydrogens (tertiary/aromatic N) is 3. The lowest BCUT2D eigenvalue weighted by molar-refractivity contribution is 0.168. The molecule has 0 radical (unpaired) electrons. The number of halogens is 2. The highest BCUT2D eigenvalue weighted by molar-refractivity contribution is 7.89. The molecule has 2 atom stereocenters. The van der Waals surface area contributed by atoms with Gasteiger partial charge in [-0.25, -0.2) is 13.2 Å². The molecule has 0 spiro atoms. The molecule has 4 rings (SSSR count). The number of urea groups is 1. The van der Waals surface area contributed by atoms with Crippen molar-refractivity contribution < 1.29 is 13.2 Å². The van der Waals surface area contributed by atoms with Crippen molar-refractivity contribution in [3.63, 3.8) is 0 Å². The largest absolute Gasteiger partial charge is 0.334 e. The molecule has 33 heavy (non-hydrogen) atoms. The molecule has 1 aliphatic rings. The molecule has 0 aliphatic carbocycles. The second-order valence-electron chi connectivity index (χ2n) is 7.93. The molecule has 176 valence electrons. The van der Waals surface area contributed by atoms with Crippen LogP contribution in [0.2, 0.25) is 9.36 Å². The zero-order chi connectivity index (χ0) is 23.6. The van der Waals surface area contributed by atoms with Crippen LogP contribution < -0.4 is 10.6 Å². The smallest absolute Gasteiger partial charge is 0.319 e. The molecule has 0 unspecified atom stereocenters. The number of carbonyl (C=O) groups excluding carboxylic acids is 1. The average Bonchev–Trinajstić information content (AvgIpc) is 3.40. The maximum atomic E-state index is 12.7. The normalized spacial score (nSPS) is 19.4. The summed E-state index contributed by atoms with van der Waals surface area (Å²) in [5, 5.41) is 10.7. The molecule has 2 amide bonds. The minimum Gasteiger partial charge on any atom is -0.334 e. The Hall–Kier alpha value is -2.11. The molecule has 0 saturated carbocycles. The van der Waals surface area contributed by atoms with Crippen molar-refractivity contribution in [1.82, 2.24) is 19.4 Å². The fraction of sp³-hybridized carbons (Fsp3) is 0.333. The maximum Gasteiger partial charge on any atom is 0.319 e. The number of carbonyl (C=O) groups is 1. The maximum absolute atomic E-state index is 12.7. The van der Waals surface area contributed by atoms with E-state index >= 15 is 0 Å². The first-order valence-corrected chi connectivity index (χ1v) is 13.7. The van der Waals surface area contributed by atoms with Crippen LogP contribution in [0.4, 0.5) is 10.5 Å². The SMILES string of the molecule is CS(=O)(=O)n1ccc(CN2CC[C@@H](NC(=O)Nc3ccc(Cl)cc3)[C@H](c3ccc(Cl)s3)C2)n1. The molecular formula is C21H23Cl2N5O3S2. The highest BCUT2D eigenvalue weighted by Crippen LogP contribution is 2.34. The Balaban J connectivity index is 1.45. The lowest BCUT2D eigenvalue weighted by Gasteiger charge is -2.38. The zero-order valence-electron chi connectivity index (χ0n) is 17.7. The molecule has 2 aromatic heterocycles. The van der Waals surface area contributed by atoms with Crippen LogP contribution in [0, 0.1) is 0 Å². The fourth-order valence-corrected chi connectivity index (χ4v) is 5.74. The van der Waals surface area contributed by atoms with E-state index in [1.54, 1.807) is 30.3 Å². The number of anilines is 1. The number of aromatic nitrogens is 2. The van der Waals surface area contributed by atoms with Crippen molar-refractivity contribution in [3.8, 4) is 0 Å². The van der Waals surface area contributed by atoms with Crippen molar-refractivity contribution in [2.75, 3.05) is 24.7 Å². The van der Waals surface area contributed by atoms with Gasteiger partial charge in [0.05, 0.1) is 16.3 Å². The van der Waals surface area contributed by atoms with Crippen molar-refractivity contribution in [2.24, 2.45) is 0 Å². The molecule has 1 aliphatic heterocycles. The van der Waals surface area contributed by atoms with Crippen LogP contribution in [0.5, 0.6) is 0 Å². The van der Waals surface area contributed by atoms with E-state index in [1.165, 1.54) is 17.5 Å². The summed E-state index contributed by atoms with van der Waals surface area (Å²) in [6.45, 7) is 1.92. The minimum absolute atomic E-state index is 0.0317. The molecule has 1 fully saturated rings. The van der Waals surface area contributed by atoms with Crippen molar-refractivity contribution in [3.05, 3.63) is 68.6 Å². The van der Waals surface area contributed by atoms with Crippen LogP contribution in [0.3, 0.4) is 0 Å². The van der Waals surface area contributed by atoms with E-state index in [0.717, 1.165) is 28.2 Å². The van der Waals surface area contributed by atoms with Gasteiger partial charge in [0.25, 0.3) is 10.0 Å². The third-order valence-corrected chi connectivity index (χ3v) is 7.92. The van der Waals surface area contributed by atoms with Crippen LogP contribution in [-0.2, 0) is 16.6 Å². The number of likely N-dealkylation sites (tertiary alicyclic amines) is 1. The van der Waals surface area contributed by atoms with Gasteiger partial charge in [-0.3, -0.25) is 4.90 Å². The Morgan fingerprint density at radius 1 is 1.18 bits per heavy atom. The number of hydrogen-bond donors (Lipinski definition) is 2. The summed E-state index contributed by atoms with van der Waals surface area (Å²) in [4.78, 5) is 16.0. The molecule has 1 saturated heterocycles. The third kappa shape index (κ3) is 6.27. The number of benzene rings is 1. The van der Waals surface area contributed by atoms with E-state index in [0.29, 0.717) is 33.8 Å². The predicted octanol–water partition coefficient (Wildman–Crippen LogP) is 4.24. The van der Waals surface area contributed by atoms with Gasteiger partial charge in [0.15, 0.2) is 0 Å². The van der Waals surface area contributed by atoms with E-state index in [9.17, 15) is 13.2 Å². The average molecular weight is 528 g/mol. The second kappa shape index (κ2) is 10.0. The number of rotatable bonds is 6. The summed E-state index contributed by atoms with van der Waals surface area (Å²) in [6, 6.07) is 12.1. The Labute approximate surface area is 206 Å². The highest BCUT2D eigenvalue weighted by Gasteiger charge is 2.33. The number of nitrogens with one attached hydrogen (secondary N) is 2. The molecular weight excluding hydrogens is 505 g/mol. The third-order valence-electron chi connectivity index (χ3n) is 5.42. The molecule has 12 heteroatoms. The topological polar surface area (TPSA) is 96.3 Å². The van der Waals surface area contributed by atoms with Crippen LogP contribution >= 0.6 is 34.5 Å². The summed E-state index contributed by atoms with van der Waals surface area (Å²) in [6.07, 6.45) is 3.30. The summed E-state index contributed by atoms with van der Waals surface area (Å²) >= 11 is 13.6. The number of amides is 2. The summed E-state index contributed by atoms with van der Waals surface area (Å²) in [7, 11) is -3.41. The monoisotopic (exact) mass is 527 g/mol. The van der Waals surface area contributed by atoms with Gasteiger partial charge in [-0.2, -0.15) is 9.19 Å². The fourth-order valence-electron chi connectivity index (χ4n) is 3.86. The Morgan fingerprint density at radius 3 is 2.58 bits per heavy atom. The van der Waals surface area contributed by atoms with Crippen molar-refractivity contribution in [2.45, 2.75) is 24.9 Å². The first-order valence-electron chi connectivity index (χ1n) is 10.2. The molecule has 3 heterocycles. The van der Waals surface area contributed by atoms with E-state index in [-0.39, 0.29) is 18.0 Å². The first-order chi connectivity index (χ1) is 15.7. The second-order valence-corrected chi connectivity index (χ2v) is 11.9. The Morgan fingerprint density at radius 2 is 1.94 bits per heavy atom. The van der Waals surface area contributed by atoms with E-state index < -0.39 is 10.0 Å². The quantitative estimate of drug-likeness (QED) is 0.499. The Bertz CT molecular complexity index is 1230. The zero-order valence-corrected chi connectivity index (χ0v) is 20.9. The summed E-state index contributed by atoms with van der Waals surface area (Å²) in [5.74, 6) is 0.0317. The summed E-state index contributed by atoms with van der Waals surface area (Å²) in [5.41, 5.74) is 1.33. The highest BCUT2D eigenvalue weighted by atomic mass is 35.5.